The number of ketones is 1. The molecular formula is C32H34ClNO4. The number of carbonyl (C=O) groups excluding carboxylic acids is 1. The molecule has 0 bridgehead atoms. The van der Waals surface area contributed by atoms with Crippen LogP contribution < -0.4 is 4.74 Å². The van der Waals surface area contributed by atoms with Gasteiger partial charge >= 0.3 is 5.97 Å². The third-order valence-electron chi connectivity index (χ3n) is 6.58. The van der Waals surface area contributed by atoms with Crippen molar-refractivity contribution >= 4 is 34.3 Å². The minimum absolute atomic E-state index is 0.0808. The lowest BCUT2D eigenvalue weighted by molar-refractivity contribution is -0.137. The summed E-state index contributed by atoms with van der Waals surface area (Å²) in [7, 11) is 0. The van der Waals surface area contributed by atoms with E-state index in [9.17, 15) is 9.59 Å². The molecule has 1 aromatic heterocycles. The Morgan fingerprint density at radius 1 is 0.974 bits per heavy atom. The van der Waals surface area contributed by atoms with Gasteiger partial charge in [0.25, 0.3) is 0 Å². The van der Waals surface area contributed by atoms with Crippen LogP contribution in [0.4, 0.5) is 0 Å². The highest BCUT2D eigenvalue weighted by Crippen LogP contribution is 2.28. The van der Waals surface area contributed by atoms with Crippen molar-refractivity contribution in [2.75, 3.05) is 5.88 Å². The number of para-hydroxylation sites is 1. The Hall–Kier alpha value is -3.57. The van der Waals surface area contributed by atoms with Crippen LogP contribution in [0.2, 0.25) is 0 Å². The third-order valence-corrected chi connectivity index (χ3v) is 6.80. The van der Waals surface area contributed by atoms with Gasteiger partial charge in [0.2, 0.25) is 0 Å². The number of aromatic nitrogens is 1. The van der Waals surface area contributed by atoms with Gasteiger partial charge in [0.1, 0.15) is 11.9 Å². The molecule has 0 saturated heterocycles. The minimum atomic E-state index is -0.823. The van der Waals surface area contributed by atoms with Crippen LogP contribution in [0.5, 0.6) is 5.75 Å². The smallest absolute Gasteiger partial charge is 0.303 e. The molecule has 0 aliphatic heterocycles. The summed E-state index contributed by atoms with van der Waals surface area (Å²) in [6.07, 6.45) is 3.96. The van der Waals surface area contributed by atoms with E-state index in [1.54, 1.807) is 12.1 Å². The number of carboxylic acids is 1. The lowest BCUT2D eigenvalue weighted by Gasteiger charge is -2.19. The molecule has 0 aliphatic rings. The number of carboxylic acid groups (broad SMARTS) is 1. The molecule has 1 N–H and O–H groups in total. The van der Waals surface area contributed by atoms with E-state index >= 15 is 0 Å². The highest BCUT2D eigenvalue weighted by molar-refractivity contribution is 6.18. The zero-order chi connectivity index (χ0) is 27.1. The molecule has 1 unspecified atom stereocenters. The predicted molar refractivity (Wildman–Crippen MR) is 152 cm³/mol. The number of fused-ring (bicyclic) bond motifs is 1. The number of alkyl halides is 1. The molecule has 4 rings (SSSR count). The van der Waals surface area contributed by atoms with Crippen molar-refractivity contribution in [1.82, 2.24) is 4.57 Å². The number of benzene rings is 3. The lowest BCUT2D eigenvalue weighted by atomic mass is 9.99. The second-order valence-corrected chi connectivity index (χ2v) is 10.4. The van der Waals surface area contributed by atoms with Crippen molar-refractivity contribution in [3.05, 3.63) is 101 Å². The molecule has 1 atom stereocenters. The summed E-state index contributed by atoms with van der Waals surface area (Å²) in [6, 6.07) is 23.5. The molecule has 5 nitrogen and oxygen atoms in total. The summed E-state index contributed by atoms with van der Waals surface area (Å²) in [5.74, 6) is 0.856. The van der Waals surface area contributed by atoms with Gasteiger partial charge < -0.3 is 14.4 Å². The molecule has 198 valence electrons. The third kappa shape index (κ3) is 6.84. The molecule has 3 aromatic carbocycles. The zero-order valence-corrected chi connectivity index (χ0v) is 22.7. The summed E-state index contributed by atoms with van der Waals surface area (Å²) in [5.41, 5.74) is 4.47. The number of halogens is 1. The van der Waals surface area contributed by atoms with Gasteiger partial charge in [0, 0.05) is 53.5 Å². The van der Waals surface area contributed by atoms with Crippen LogP contribution >= 0.6 is 11.6 Å². The van der Waals surface area contributed by atoms with E-state index in [-0.39, 0.29) is 18.3 Å². The summed E-state index contributed by atoms with van der Waals surface area (Å²) in [6.45, 7) is 4.96. The molecule has 38 heavy (non-hydrogen) atoms. The predicted octanol–water partition coefficient (Wildman–Crippen LogP) is 7.68. The van der Waals surface area contributed by atoms with Crippen molar-refractivity contribution in [2.45, 2.75) is 52.2 Å². The quantitative estimate of drug-likeness (QED) is 0.142. The van der Waals surface area contributed by atoms with Gasteiger partial charge in [0.05, 0.1) is 0 Å². The number of aliphatic carboxylic acids is 1. The first-order chi connectivity index (χ1) is 18.4. The Labute approximate surface area is 229 Å². The van der Waals surface area contributed by atoms with Crippen LogP contribution in [-0.4, -0.2) is 27.3 Å². The highest BCUT2D eigenvalue weighted by atomic mass is 35.5. The molecule has 0 radical (unpaired) electrons. The van der Waals surface area contributed by atoms with E-state index < -0.39 is 5.97 Å². The van der Waals surface area contributed by atoms with E-state index in [1.807, 2.05) is 47.2 Å². The van der Waals surface area contributed by atoms with Gasteiger partial charge in [-0.05, 0) is 60.2 Å². The fourth-order valence-electron chi connectivity index (χ4n) is 4.75. The molecule has 0 fully saturated rings. The van der Waals surface area contributed by atoms with E-state index in [4.69, 9.17) is 21.4 Å². The van der Waals surface area contributed by atoms with Crippen LogP contribution in [-0.2, 0) is 17.8 Å². The van der Waals surface area contributed by atoms with Crippen molar-refractivity contribution in [1.29, 1.82) is 0 Å². The maximum absolute atomic E-state index is 13.5. The van der Waals surface area contributed by atoms with Gasteiger partial charge in [-0.25, -0.2) is 0 Å². The maximum Gasteiger partial charge on any atom is 0.303 e. The second kappa shape index (κ2) is 12.8. The number of carbonyl (C=O) groups is 2. The van der Waals surface area contributed by atoms with E-state index in [0.717, 1.165) is 22.9 Å². The summed E-state index contributed by atoms with van der Waals surface area (Å²) in [4.78, 5) is 24.4. The molecule has 4 aromatic rings. The van der Waals surface area contributed by atoms with Crippen LogP contribution in [0.15, 0.2) is 79.0 Å². The Morgan fingerprint density at radius 3 is 2.34 bits per heavy atom. The molecule has 6 heteroatoms. The van der Waals surface area contributed by atoms with Gasteiger partial charge in [-0.1, -0.05) is 56.3 Å². The van der Waals surface area contributed by atoms with Crippen LogP contribution in [0, 0.1) is 5.92 Å². The van der Waals surface area contributed by atoms with E-state index in [2.05, 4.69) is 38.1 Å². The summed E-state index contributed by atoms with van der Waals surface area (Å²) < 4.78 is 8.26. The summed E-state index contributed by atoms with van der Waals surface area (Å²) >= 11 is 6.09. The zero-order valence-electron chi connectivity index (χ0n) is 21.9. The molecule has 1 heterocycles. The molecule has 0 spiro atoms. The molecule has 0 amide bonds. The maximum atomic E-state index is 13.5. The Kier molecular flexibility index (Phi) is 9.24. The minimum Gasteiger partial charge on any atom is -0.486 e. The SMILES string of the molecule is CC(C)Cc1ccc(C(CCCl)Oc2ccc(C(=O)c3cn(CCCC(=O)O)c4ccccc34)cc2)cc1. The summed E-state index contributed by atoms with van der Waals surface area (Å²) in [5, 5.41) is 9.84. The highest BCUT2D eigenvalue weighted by Gasteiger charge is 2.18. The first kappa shape index (κ1) is 27.5. The standard InChI is InChI=1S/C32H34ClNO4/c1-22(2)20-23-9-11-24(12-10-23)30(17-18-33)38-26-15-13-25(14-16-26)32(37)28-21-34(19-5-8-31(35)36)29-7-4-3-6-27(28)29/h3-4,6-7,9-16,21-22,30H,5,8,17-20H2,1-2H3,(H,35,36). The largest absolute Gasteiger partial charge is 0.486 e. The topological polar surface area (TPSA) is 68.5 Å². The average molecular weight is 532 g/mol. The number of hydrogen-bond donors (Lipinski definition) is 1. The molecule has 0 saturated carbocycles. The van der Waals surface area contributed by atoms with Gasteiger partial charge in [-0.2, -0.15) is 0 Å². The fraction of sp³-hybridized carbons (Fsp3) is 0.312. The Bertz CT molecular complexity index is 1370. The van der Waals surface area contributed by atoms with Gasteiger partial charge in [-0.15, -0.1) is 11.6 Å². The van der Waals surface area contributed by atoms with E-state index in [1.165, 1.54) is 5.56 Å². The monoisotopic (exact) mass is 531 g/mol. The number of aryl methyl sites for hydroxylation is 1. The van der Waals surface area contributed by atoms with Crippen molar-refractivity contribution in [3.8, 4) is 5.75 Å². The Balaban J connectivity index is 1.50. The van der Waals surface area contributed by atoms with Gasteiger partial charge in [-0.3, -0.25) is 9.59 Å². The van der Waals surface area contributed by atoms with E-state index in [0.29, 0.717) is 48.1 Å². The van der Waals surface area contributed by atoms with Crippen molar-refractivity contribution < 1.29 is 19.4 Å². The molecule has 0 aliphatic carbocycles. The van der Waals surface area contributed by atoms with Gasteiger partial charge in [0.15, 0.2) is 5.78 Å². The second-order valence-electron chi connectivity index (χ2n) is 10.0. The van der Waals surface area contributed by atoms with Crippen LogP contribution in [0.1, 0.15) is 66.3 Å². The average Bonchev–Trinajstić information content (AvgIpc) is 3.27. The normalized spacial score (nSPS) is 12.1. The number of hydrogen-bond acceptors (Lipinski definition) is 3. The van der Waals surface area contributed by atoms with Crippen molar-refractivity contribution in [3.63, 3.8) is 0 Å². The Morgan fingerprint density at radius 2 is 1.68 bits per heavy atom. The van der Waals surface area contributed by atoms with Crippen LogP contribution in [0.3, 0.4) is 0 Å². The van der Waals surface area contributed by atoms with Crippen LogP contribution in [0.25, 0.3) is 10.9 Å². The molecular weight excluding hydrogens is 498 g/mol. The first-order valence-electron chi connectivity index (χ1n) is 13.1. The fourth-order valence-corrected chi connectivity index (χ4v) is 4.95. The first-order valence-corrected chi connectivity index (χ1v) is 13.6. The lowest BCUT2D eigenvalue weighted by Crippen LogP contribution is -2.09. The number of ether oxygens (including phenoxy) is 1. The number of nitrogens with zero attached hydrogens (tertiary/aromatic N) is 1. The van der Waals surface area contributed by atoms with Crippen molar-refractivity contribution in [2.24, 2.45) is 5.92 Å². The number of rotatable bonds is 13.